The molecule has 0 atom stereocenters. The Kier molecular flexibility index (Phi) is 5.95. The number of rotatable bonds is 6. The largest absolute Gasteiger partial charge is 0.480 e. The van der Waals surface area contributed by atoms with Crippen molar-refractivity contribution in [2.75, 3.05) is 26.7 Å². The molecule has 1 saturated carbocycles. The number of carbonyl (C=O) groups is 2. The smallest absolute Gasteiger partial charge is 0.323 e. The van der Waals surface area contributed by atoms with E-state index >= 15 is 0 Å². The highest BCUT2D eigenvalue weighted by Crippen LogP contribution is 2.25. The van der Waals surface area contributed by atoms with Gasteiger partial charge in [0, 0.05) is 20.1 Å². The highest BCUT2D eigenvalue weighted by Gasteiger charge is 2.23. The summed E-state index contributed by atoms with van der Waals surface area (Å²) in [4.78, 5) is 26.0. The summed E-state index contributed by atoms with van der Waals surface area (Å²) in [5.74, 6) is -0.363. The molecule has 5 nitrogen and oxygen atoms in total. The predicted octanol–water partition coefficient (Wildman–Crippen LogP) is 2.02. The first-order valence-electron chi connectivity index (χ1n) is 6.76. The third-order valence-electron chi connectivity index (χ3n) is 3.42. The van der Waals surface area contributed by atoms with Crippen LogP contribution in [0.3, 0.4) is 0 Å². The van der Waals surface area contributed by atoms with Crippen LogP contribution in [-0.4, -0.2) is 53.6 Å². The molecular formula is C13H24N2O3. The van der Waals surface area contributed by atoms with Crippen molar-refractivity contribution in [3.8, 4) is 0 Å². The Labute approximate surface area is 109 Å². The second kappa shape index (κ2) is 7.24. The van der Waals surface area contributed by atoms with Gasteiger partial charge in [-0.1, -0.05) is 19.8 Å². The molecular weight excluding hydrogens is 232 g/mol. The highest BCUT2D eigenvalue weighted by atomic mass is 16.4. The molecule has 0 saturated heterocycles. The molecule has 0 aromatic heterocycles. The molecule has 104 valence electrons. The monoisotopic (exact) mass is 256 g/mol. The molecule has 18 heavy (non-hydrogen) atoms. The van der Waals surface area contributed by atoms with Crippen LogP contribution >= 0.6 is 0 Å². The molecule has 0 aromatic rings. The molecule has 0 bridgehead atoms. The number of carboxylic acid groups (broad SMARTS) is 1. The summed E-state index contributed by atoms with van der Waals surface area (Å²) in [7, 11) is 1.77. The molecule has 0 aromatic carbocycles. The number of aliphatic carboxylic acids is 1. The molecule has 1 fully saturated rings. The molecule has 1 rings (SSSR count). The Balaban J connectivity index is 2.48. The van der Waals surface area contributed by atoms with Crippen LogP contribution in [0.4, 0.5) is 4.79 Å². The van der Waals surface area contributed by atoms with E-state index in [0.717, 1.165) is 13.0 Å². The van der Waals surface area contributed by atoms with Crippen LogP contribution in [0.15, 0.2) is 0 Å². The van der Waals surface area contributed by atoms with Crippen LogP contribution in [-0.2, 0) is 4.79 Å². The molecule has 0 spiro atoms. The maximum absolute atomic E-state index is 12.1. The van der Waals surface area contributed by atoms with E-state index in [2.05, 4.69) is 0 Å². The molecule has 2 amide bonds. The van der Waals surface area contributed by atoms with Gasteiger partial charge in [-0.05, 0) is 25.2 Å². The minimum absolute atomic E-state index is 0.161. The lowest BCUT2D eigenvalue weighted by molar-refractivity contribution is -0.137. The summed E-state index contributed by atoms with van der Waals surface area (Å²) in [6, 6.07) is -0.161. The van der Waals surface area contributed by atoms with E-state index in [-0.39, 0.29) is 12.6 Å². The van der Waals surface area contributed by atoms with E-state index in [0.29, 0.717) is 12.5 Å². The second-order valence-corrected chi connectivity index (χ2v) is 5.13. The minimum Gasteiger partial charge on any atom is -0.480 e. The summed E-state index contributed by atoms with van der Waals surface area (Å²) >= 11 is 0. The molecule has 1 aliphatic rings. The van der Waals surface area contributed by atoms with Crippen molar-refractivity contribution < 1.29 is 14.7 Å². The highest BCUT2D eigenvalue weighted by molar-refractivity contribution is 5.80. The lowest BCUT2D eigenvalue weighted by atomic mass is 10.1. The minimum atomic E-state index is -0.953. The molecule has 0 unspecified atom stereocenters. The SMILES string of the molecule is CCCN(CC(=O)O)C(=O)N(C)CC1CCCC1. The number of carbonyl (C=O) groups excluding carboxylic acids is 1. The van der Waals surface area contributed by atoms with Crippen molar-refractivity contribution in [1.82, 2.24) is 9.80 Å². The lowest BCUT2D eigenvalue weighted by Crippen LogP contribution is -2.45. The Morgan fingerprint density at radius 1 is 1.28 bits per heavy atom. The Hall–Kier alpha value is -1.26. The third-order valence-corrected chi connectivity index (χ3v) is 3.42. The Morgan fingerprint density at radius 2 is 1.89 bits per heavy atom. The second-order valence-electron chi connectivity index (χ2n) is 5.13. The van der Waals surface area contributed by atoms with Gasteiger partial charge in [-0.25, -0.2) is 4.79 Å². The molecule has 0 aliphatic heterocycles. The first kappa shape index (κ1) is 14.8. The van der Waals surface area contributed by atoms with Crippen LogP contribution in [0.1, 0.15) is 39.0 Å². The number of urea groups is 1. The molecule has 1 aliphatic carbocycles. The maximum atomic E-state index is 12.1. The van der Waals surface area contributed by atoms with E-state index in [9.17, 15) is 9.59 Å². The maximum Gasteiger partial charge on any atom is 0.323 e. The fourth-order valence-corrected chi connectivity index (χ4v) is 2.58. The first-order valence-corrected chi connectivity index (χ1v) is 6.76. The predicted molar refractivity (Wildman–Crippen MR) is 69.5 cm³/mol. The normalized spacial score (nSPS) is 15.7. The van der Waals surface area contributed by atoms with E-state index < -0.39 is 5.97 Å². The summed E-state index contributed by atoms with van der Waals surface area (Å²) in [6.07, 6.45) is 5.64. The topological polar surface area (TPSA) is 60.9 Å². The van der Waals surface area contributed by atoms with Gasteiger partial charge in [0.05, 0.1) is 0 Å². The molecule has 1 N–H and O–H groups in total. The van der Waals surface area contributed by atoms with Gasteiger partial charge in [0.15, 0.2) is 0 Å². The van der Waals surface area contributed by atoms with E-state index in [1.807, 2.05) is 6.92 Å². The Morgan fingerprint density at radius 3 is 2.39 bits per heavy atom. The summed E-state index contributed by atoms with van der Waals surface area (Å²) in [6.45, 7) is 2.99. The zero-order valence-electron chi connectivity index (χ0n) is 11.4. The van der Waals surface area contributed by atoms with Crippen molar-refractivity contribution in [2.24, 2.45) is 5.92 Å². The van der Waals surface area contributed by atoms with Gasteiger partial charge in [0.2, 0.25) is 0 Å². The first-order chi connectivity index (χ1) is 8.54. The van der Waals surface area contributed by atoms with Crippen LogP contribution in [0, 0.1) is 5.92 Å². The van der Waals surface area contributed by atoms with Crippen molar-refractivity contribution in [2.45, 2.75) is 39.0 Å². The fourth-order valence-electron chi connectivity index (χ4n) is 2.58. The van der Waals surface area contributed by atoms with E-state index in [1.54, 1.807) is 11.9 Å². The summed E-state index contributed by atoms with van der Waals surface area (Å²) in [5.41, 5.74) is 0. The summed E-state index contributed by atoms with van der Waals surface area (Å²) in [5, 5.41) is 8.81. The van der Waals surface area contributed by atoms with Crippen molar-refractivity contribution in [3.63, 3.8) is 0 Å². The van der Waals surface area contributed by atoms with Crippen LogP contribution in [0.25, 0.3) is 0 Å². The quantitative estimate of drug-likeness (QED) is 0.791. The number of carboxylic acids is 1. The zero-order chi connectivity index (χ0) is 13.5. The zero-order valence-corrected chi connectivity index (χ0v) is 11.4. The molecule has 0 radical (unpaired) electrons. The van der Waals surface area contributed by atoms with Crippen molar-refractivity contribution in [3.05, 3.63) is 0 Å². The van der Waals surface area contributed by atoms with Gasteiger partial charge in [-0.2, -0.15) is 0 Å². The standard InChI is InChI=1S/C13H24N2O3/c1-3-8-15(10-12(16)17)13(18)14(2)9-11-6-4-5-7-11/h11H,3-10H2,1-2H3,(H,16,17). The van der Waals surface area contributed by atoms with Gasteiger partial charge < -0.3 is 14.9 Å². The number of amides is 2. The molecule has 5 heteroatoms. The fraction of sp³-hybridized carbons (Fsp3) is 0.846. The van der Waals surface area contributed by atoms with Gasteiger partial charge in [0.25, 0.3) is 0 Å². The lowest BCUT2D eigenvalue weighted by Gasteiger charge is -2.28. The van der Waals surface area contributed by atoms with E-state index in [1.165, 1.54) is 30.6 Å². The van der Waals surface area contributed by atoms with Gasteiger partial charge in [-0.15, -0.1) is 0 Å². The third kappa shape index (κ3) is 4.55. The van der Waals surface area contributed by atoms with E-state index in [4.69, 9.17) is 5.11 Å². The van der Waals surface area contributed by atoms with Gasteiger partial charge in [-0.3, -0.25) is 4.79 Å². The number of nitrogens with zero attached hydrogens (tertiary/aromatic N) is 2. The van der Waals surface area contributed by atoms with Gasteiger partial charge >= 0.3 is 12.0 Å². The van der Waals surface area contributed by atoms with Crippen LogP contribution < -0.4 is 0 Å². The average Bonchev–Trinajstić information content (AvgIpc) is 2.79. The average molecular weight is 256 g/mol. The number of hydrogen-bond acceptors (Lipinski definition) is 2. The van der Waals surface area contributed by atoms with Crippen molar-refractivity contribution in [1.29, 1.82) is 0 Å². The molecule has 0 heterocycles. The Bertz CT molecular complexity index is 288. The van der Waals surface area contributed by atoms with Gasteiger partial charge in [0.1, 0.15) is 6.54 Å². The summed E-state index contributed by atoms with van der Waals surface area (Å²) < 4.78 is 0. The van der Waals surface area contributed by atoms with Crippen LogP contribution in [0.2, 0.25) is 0 Å². The number of hydrogen-bond donors (Lipinski definition) is 1. The van der Waals surface area contributed by atoms with Crippen LogP contribution in [0.5, 0.6) is 0 Å². The van der Waals surface area contributed by atoms with Crippen molar-refractivity contribution >= 4 is 12.0 Å².